The van der Waals surface area contributed by atoms with E-state index >= 15 is 0 Å². The van der Waals surface area contributed by atoms with Gasteiger partial charge in [0.15, 0.2) is 0 Å². The van der Waals surface area contributed by atoms with Gasteiger partial charge >= 0.3 is 0 Å². The third-order valence-corrected chi connectivity index (χ3v) is 3.45. The van der Waals surface area contributed by atoms with Crippen molar-refractivity contribution < 1.29 is 4.74 Å². The molecule has 0 spiro atoms. The lowest BCUT2D eigenvalue weighted by Gasteiger charge is -2.28. The SMILES string of the molecule is CCOCC[C@H]1C[C@H]2CC[C@@H](C1)N2. The molecule has 3 atom stereocenters. The van der Waals surface area contributed by atoms with Gasteiger partial charge < -0.3 is 10.1 Å². The number of piperidine rings is 1. The minimum Gasteiger partial charge on any atom is -0.382 e. The minimum absolute atomic E-state index is 0.838. The molecule has 0 unspecified atom stereocenters. The molecule has 0 aromatic rings. The summed E-state index contributed by atoms with van der Waals surface area (Å²) >= 11 is 0. The summed E-state index contributed by atoms with van der Waals surface area (Å²) in [6, 6.07) is 1.68. The van der Waals surface area contributed by atoms with Gasteiger partial charge in [-0.1, -0.05) is 0 Å². The molecule has 0 saturated carbocycles. The monoisotopic (exact) mass is 183 g/mol. The van der Waals surface area contributed by atoms with Crippen molar-refractivity contribution in [2.24, 2.45) is 5.92 Å². The first-order valence-corrected chi connectivity index (χ1v) is 5.72. The van der Waals surface area contributed by atoms with Gasteiger partial charge in [0.2, 0.25) is 0 Å². The van der Waals surface area contributed by atoms with E-state index in [9.17, 15) is 0 Å². The van der Waals surface area contributed by atoms with Crippen LogP contribution in [0.4, 0.5) is 0 Å². The molecule has 0 amide bonds. The molecule has 2 heteroatoms. The van der Waals surface area contributed by atoms with E-state index in [0.717, 1.165) is 31.2 Å². The third-order valence-electron chi connectivity index (χ3n) is 3.45. The first-order chi connectivity index (χ1) is 6.38. The molecule has 2 bridgehead atoms. The maximum Gasteiger partial charge on any atom is 0.0468 e. The van der Waals surface area contributed by atoms with E-state index in [2.05, 4.69) is 12.2 Å². The quantitative estimate of drug-likeness (QED) is 0.673. The molecule has 0 aliphatic carbocycles. The second-order valence-corrected chi connectivity index (χ2v) is 4.46. The fourth-order valence-corrected chi connectivity index (χ4v) is 2.81. The average molecular weight is 183 g/mol. The van der Waals surface area contributed by atoms with Gasteiger partial charge in [0, 0.05) is 25.3 Å². The van der Waals surface area contributed by atoms with E-state index in [1.54, 1.807) is 0 Å². The van der Waals surface area contributed by atoms with Crippen LogP contribution in [0.1, 0.15) is 39.0 Å². The van der Waals surface area contributed by atoms with Crippen LogP contribution in [0.3, 0.4) is 0 Å². The molecule has 2 heterocycles. The normalized spacial score (nSPS) is 38.1. The summed E-state index contributed by atoms with van der Waals surface area (Å²) in [6.07, 6.45) is 6.89. The number of nitrogens with one attached hydrogen (secondary N) is 1. The lowest BCUT2D eigenvalue weighted by molar-refractivity contribution is 0.121. The highest BCUT2D eigenvalue weighted by molar-refractivity contribution is 4.91. The van der Waals surface area contributed by atoms with Gasteiger partial charge in [-0.05, 0) is 44.9 Å². The van der Waals surface area contributed by atoms with Crippen LogP contribution in [0.2, 0.25) is 0 Å². The molecule has 76 valence electrons. The fraction of sp³-hybridized carbons (Fsp3) is 1.00. The summed E-state index contributed by atoms with van der Waals surface area (Å²) in [6.45, 7) is 3.92. The van der Waals surface area contributed by atoms with E-state index in [-0.39, 0.29) is 0 Å². The number of fused-ring (bicyclic) bond motifs is 2. The van der Waals surface area contributed by atoms with E-state index in [4.69, 9.17) is 4.74 Å². The first kappa shape index (κ1) is 9.47. The highest BCUT2D eigenvalue weighted by Crippen LogP contribution is 2.32. The molecule has 1 N–H and O–H groups in total. The maximum absolute atomic E-state index is 5.41. The number of hydrogen-bond acceptors (Lipinski definition) is 2. The number of ether oxygens (including phenoxy) is 1. The lowest BCUT2D eigenvalue weighted by Crippen LogP contribution is -2.38. The topological polar surface area (TPSA) is 21.3 Å². The van der Waals surface area contributed by atoms with Gasteiger partial charge in [0.05, 0.1) is 0 Å². The van der Waals surface area contributed by atoms with E-state index in [0.29, 0.717) is 0 Å². The van der Waals surface area contributed by atoms with Crippen LogP contribution in [-0.2, 0) is 4.74 Å². The lowest BCUT2D eigenvalue weighted by atomic mass is 9.90. The van der Waals surface area contributed by atoms with Crippen molar-refractivity contribution in [2.45, 2.75) is 51.1 Å². The highest BCUT2D eigenvalue weighted by atomic mass is 16.5. The van der Waals surface area contributed by atoms with Crippen LogP contribution in [-0.4, -0.2) is 25.3 Å². The summed E-state index contributed by atoms with van der Waals surface area (Å²) in [4.78, 5) is 0. The molecule has 2 aliphatic heterocycles. The van der Waals surface area contributed by atoms with E-state index in [1.807, 2.05) is 0 Å². The fourth-order valence-electron chi connectivity index (χ4n) is 2.81. The summed E-state index contributed by atoms with van der Waals surface area (Å²) < 4.78 is 5.41. The molecule has 13 heavy (non-hydrogen) atoms. The smallest absolute Gasteiger partial charge is 0.0468 e. The molecule has 2 saturated heterocycles. The zero-order valence-corrected chi connectivity index (χ0v) is 8.59. The predicted octanol–water partition coefficient (Wildman–Crippen LogP) is 1.94. The molecule has 0 aromatic heterocycles. The Bertz CT molecular complexity index is 148. The maximum atomic E-state index is 5.41. The van der Waals surface area contributed by atoms with Crippen molar-refractivity contribution in [3.63, 3.8) is 0 Å². The van der Waals surface area contributed by atoms with Crippen LogP contribution < -0.4 is 5.32 Å². The molecule has 2 nitrogen and oxygen atoms in total. The van der Waals surface area contributed by atoms with Crippen LogP contribution in [0, 0.1) is 5.92 Å². The van der Waals surface area contributed by atoms with Gasteiger partial charge in [-0.25, -0.2) is 0 Å². The Hall–Kier alpha value is -0.0800. The Kier molecular flexibility index (Phi) is 3.23. The third kappa shape index (κ3) is 2.44. The van der Waals surface area contributed by atoms with Gasteiger partial charge in [-0.2, -0.15) is 0 Å². The summed E-state index contributed by atoms with van der Waals surface area (Å²) in [5.74, 6) is 0.935. The van der Waals surface area contributed by atoms with Crippen LogP contribution in [0.25, 0.3) is 0 Å². The Labute approximate surface area is 81.0 Å². The first-order valence-electron chi connectivity index (χ1n) is 5.72. The van der Waals surface area contributed by atoms with E-state index in [1.165, 1.54) is 32.1 Å². The molecule has 2 aliphatic rings. The van der Waals surface area contributed by atoms with Crippen LogP contribution >= 0.6 is 0 Å². The second kappa shape index (κ2) is 4.43. The Morgan fingerprint density at radius 1 is 1.23 bits per heavy atom. The number of hydrogen-bond donors (Lipinski definition) is 1. The van der Waals surface area contributed by atoms with Crippen LogP contribution in [0.15, 0.2) is 0 Å². The summed E-state index contributed by atoms with van der Waals surface area (Å²) in [7, 11) is 0. The van der Waals surface area contributed by atoms with Crippen molar-refractivity contribution in [1.29, 1.82) is 0 Å². The van der Waals surface area contributed by atoms with Gasteiger partial charge in [0.1, 0.15) is 0 Å². The molecule has 0 aromatic carbocycles. The Morgan fingerprint density at radius 2 is 1.92 bits per heavy atom. The van der Waals surface area contributed by atoms with Crippen LogP contribution in [0.5, 0.6) is 0 Å². The number of rotatable bonds is 4. The minimum atomic E-state index is 0.838. The second-order valence-electron chi connectivity index (χ2n) is 4.46. The van der Waals surface area contributed by atoms with Crippen molar-refractivity contribution >= 4 is 0 Å². The van der Waals surface area contributed by atoms with Gasteiger partial charge in [-0.15, -0.1) is 0 Å². The zero-order valence-electron chi connectivity index (χ0n) is 8.59. The largest absolute Gasteiger partial charge is 0.382 e. The molecule has 2 rings (SSSR count). The van der Waals surface area contributed by atoms with Crippen molar-refractivity contribution in [2.75, 3.05) is 13.2 Å². The molecular formula is C11H21NO. The summed E-state index contributed by atoms with van der Waals surface area (Å²) in [5, 5.41) is 3.67. The van der Waals surface area contributed by atoms with Gasteiger partial charge in [-0.3, -0.25) is 0 Å². The standard InChI is InChI=1S/C11H21NO/c1-2-13-6-5-9-7-10-3-4-11(8-9)12-10/h9-12H,2-8H2,1H3/t9-,10+,11-. The van der Waals surface area contributed by atoms with Crippen molar-refractivity contribution in [3.8, 4) is 0 Å². The van der Waals surface area contributed by atoms with E-state index < -0.39 is 0 Å². The van der Waals surface area contributed by atoms with Crippen molar-refractivity contribution in [3.05, 3.63) is 0 Å². The van der Waals surface area contributed by atoms with Crippen molar-refractivity contribution in [1.82, 2.24) is 5.32 Å². The average Bonchev–Trinajstić information content (AvgIpc) is 2.46. The molecular weight excluding hydrogens is 162 g/mol. The highest BCUT2D eigenvalue weighted by Gasteiger charge is 2.32. The van der Waals surface area contributed by atoms with Gasteiger partial charge in [0.25, 0.3) is 0 Å². The molecule has 0 radical (unpaired) electrons. The summed E-state index contributed by atoms with van der Waals surface area (Å²) in [5.41, 5.74) is 0. The predicted molar refractivity (Wildman–Crippen MR) is 53.8 cm³/mol. The Morgan fingerprint density at radius 3 is 2.54 bits per heavy atom. The Balaban J connectivity index is 1.69. The zero-order chi connectivity index (χ0) is 9.10. The molecule has 2 fully saturated rings.